The Bertz CT molecular complexity index is 857. The number of nitrogens with one attached hydrogen (secondary N) is 1. The van der Waals surface area contributed by atoms with Gasteiger partial charge in [0.25, 0.3) is 0 Å². The molecule has 1 aliphatic rings. The van der Waals surface area contributed by atoms with Crippen molar-refractivity contribution in [2.24, 2.45) is 0 Å². The summed E-state index contributed by atoms with van der Waals surface area (Å²) in [5, 5.41) is 10.4. The van der Waals surface area contributed by atoms with Crippen molar-refractivity contribution in [2.75, 3.05) is 37.8 Å². The predicted molar refractivity (Wildman–Crippen MR) is 122 cm³/mol. The number of hydroxylamine groups is 1. The van der Waals surface area contributed by atoms with E-state index in [1.165, 1.54) is 0 Å². The third kappa shape index (κ3) is 6.57. The van der Waals surface area contributed by atoms with Crippen LogP contribution in [0.1, 0.15) is 30.4 Å². The molecule has 0 spiro atoms. The van der Waals surface area contributed by atoms with Gasteiger partial charge >= 0.3 is 0 Å². The summed E-state index contributed by atoms with van der Waals surface area (Å²) in [4.78, 5) is 14.2. The van der Waals surface area contributed by atoms with E-state index in [0.29, 0.717) is 36.3 Å². The van der Waals surface area contributed by atoms with Crippen molar-refractivity contribution in [1.29, 1.82) is 0 Å². The molecule has 0 radical (unpaired) electrons. The minimum absolute atomic E-state index is 0.0398. The lowest BCUT2D eigenvalue weighted by Gasteiger charge is -2.32. The maximum Gasteiger partial charge on any atom is 0.245 e. The van der Waals surface area contributed by atoms with E-state index in [0.717, 1.165) is 29.9 Å². The van der Waals surface area contributed by atoms with Crippen LogP contribution in [0.25, 0.3) is 0 Å². The van der Waals surface area contributed by atoms with Crippen molar-refractivity contribution in [3.63, 3.8) is 0 Å². The molecule has 1 fully saturated rings. The van der Waals surface area contributed by atoms with E-state index in [-0.39, 0.29) is 12.3 Å². The second-order valence-electron chi connectivity index (χ2n) is 7.48. The SMILES string of the molecule is CCO[C@H](CC(=O)NO)[C@H](Cc1ccc(Cl)cc1)c1ccc(Cl)c(N2CCOCC2)c1. The number of anilines is 1. The van der Waals surface area contributed by atoms with Gasteiger partial charge in [0.05, 0.1) is 36.4 Å². The average molecular weight is 467 g/mol. The quantitative estimate of drug-likeness (QED) is 0.421. The number of ether oxygens (including phenoxy) is 2. The van der Waals surface area contributed by atoms with Crippen molar-refractivity contribution in [3.8, 4) is 0 Å². The average Bonchev–Trinajstić information content (AvgIpc) is 2.79. The zero-order valence-corrected chi connectivity index (χ0v) is 19.0. The molecular formula is C23H28Cl2N2O4. The molecule has 0 aliphatic carbocycles. The van der Waals surface area contributed by atoms with Crippen LogP contribution in [0.4, 0.5) is 5.69 Å². The Morgan fingerprint density at radius 2 is 1.90 bits per heavy atom. The fourth-order valence-corrected chi connectivity index (χ4v) is 4.27. The normalized spacial score (nSPS) is 16.1. The van der Waals surface area contributed by atoms with Crippen molar-refractivity contribution < 1.29 is 19.5 Å². The molecular weight excluding hydrogens is 439 g/mol. The molecule has 0 aromatic heterocycles. The standard InChI is InChI=1S/C23H28Cl2N2O4/c1-2-31-22(15-23(28)26-29)19(13-16-3-6-18(24)7-4-16)17-5-8-20(25)21(14-17)27-9-11-30-12-10-27/h3-8,14,19,22,29H,2,9-13,15H2,1H3,(H,26,28)/t19-,22-/m1/s1. The Balaban J connectivity index is 1.97. The number of carbonyl (C=O) groups is 1. The van der Waals surface area contributed by atoms with E-state index in [4.69, 9.17) is 37.9 Å². The molecule has 3 rings (SSSR count). The Morgan fingerprint density at radius 3 is 2.55 bits per heavy atom. The summed E-state index contributed by atoms with van der Waals surface area (Å²) < 4.78 is 11.4. The number of benzene rings is 2. The van der Waals surface area contributed by atoms with Gasteiger partial charge < -0.3 is 14.4 Å². The van der Waals surface area contributed by atoms with E-state index >= 15 is 0 Å². The van der Waals surface area contributed by atoms with Crippen LogP contribution in [0.15, 0.2) is 42.5 Å². The van der Waals surface area contributed by atoms with E-state index in [9.17, 15) is 4.79 Å². The van der Waals surface area contributed by atoms with Crippen molar-refractivity contribution in [3.05, 3.63) is 63.6 Å². The summed E-state index contributed by atoms with van der Waals surface area (Å²) in [7, 11) is 0. The first-order valence-electron chi connectivity index (χ1n) is 10.4. The summed E-state index contributed by atoms with van der Waals surface area (Å²) in [6.45, 7) is 5.20. The summed E-state index contributed by atoms with van der Waals surface area (Å²) >= 11 is 12.6. The maximum absolute atomic E-state index is 12.0. The minimum Gasteiger partial charge on any atom is -0.378 e. The molecule has 2 aromatic carbocycles. The highest BCUT2D eigenvalue weighted by Gasteiger charge is 2.28. The molecule has 1 saturated heterocycles. The smallest absolute Gasteiger partial charge is 0.245 e. The number of halogens is 2. The molecule has 1 heterocycles. The highest BCUT2D eigenvalue weighted by atomic mass is 35.5. The largest absolute Gasteiger partial charge is 0.378 e. The van der Waals surface area contributed by atoms with Gasteiger partial charge in [-0.25, -0.2) is 5.48 Å². The van der Waals surface area contributed by atoms with Gasteiger partial charge in [0.15, 0.2) is 0 Å². The van der Waals surface area contributed by atoms with Gasteiger partial charge in [0.2, 0.25) is 5.91 Å². The molecule has 0 saturated carbocycles. The van der Waals surface area contributed by atoms with E-state index in [1.807, 2.05) is 43.3 Å². The molecule has 2 aromatic rings. The highest BCUT2D eigenvalue weighted by molar-refractivity contribution is 6.33. The third-order valence-corrected chi connectivity index (χ3v) is 6.03. The molecule has 8 heteroatoms. The number of rotatable bonds is 9. The first kappa shape index (κ1) is 23.8. The Kier molecular flexibility index (Phi) is 8.99. The molecule has 168 valence electrons. The fraction of sp³-hybridized carbons (Fsp3) is 0.435. The van der Waals surface area contributed by atoms with E-state index in [1.54, 1.807) is 5.48 Å². The summed E-state index contributed by atoms with van der Waals surface area (Å²) in [6.07, 6.45) is 0.259. The number of amides is 1. The topological polar surface area (TPSA) is 71.0 Å². The summed E-state index contributed by atoms with van der Waals surface area (Å²) in [5.41, 5.74) is 4.77. The number of morpholine rings is 1. The van der Waals surface area contributed by atoms with Crippen LogP contribution in [0.3, 0.4) is 0 Å². The van der Waals surface area contributed by atoms with Crippen LogP contribution >= 0.6 is 23.2 Å². The molecule has 0 bridgehead atoms. The van der Waals surface area contributed by atoms with E-state index < -0.39 is 12.0 Å². The molecule has 0 unspecified atom stereocenters. The lowest BCUT2D eigenvalue weighted by Crippen LogP contribution is -2.36. The lowest BCUT2D eigenvalue weighted by molar-refractivity contribution is -0.132. The lowest BCUT2D eigenvalue weighted by atomic mass is 9.85. The molecule has 2 atom stereocenters. The minimum atomic E-state index is -0.484. The predicted octanol–water partition coefficient (Wildman–Crippen LogP) is 4.46. The third-order valence-electron chi connectivity index (χ3n) is 5.46. The Labute approximate surface area is 193 Å². The van der Waals surface area contributed by atoms with Gasteiger partial charge in [0.1, 0.15) is 0 Å². The van der Waals surface area contributed by atoms with Gasteiger partial charge in [-0.2, -0.15) is 0 Å². The number of carbonyl (C=O) groups excluding carboxylic acids is 1. The van der Waals surface area contributed by atoms with Crippen molar-refractivity contribution >= 4 is 34.8 Å². The first-order chi connectivity index (χ1) is 15.0. The number of hydrogen-bond donors (Lipinski definition) is 2. The van der Waals surface area contributed by atoms with Crippen molar-refractivity contribution in [1.82, 2.24) is 5.48 Å². The van der Waals surface area contributed by atoms with Crippen LogP contribution < -0.4 is 10.4 Å². The maximum atomic E-state index is 12.0. The second-order valence-corrected chi connectivity index (χ2v) is 8.32. The van der Waals surface area contributed by atoms with Gasteiger partial charge in [-0.15, -0.1) is 0 Å². The Hall–Kier alpha value is -1.83. The van der Waals surface area contributed by atoms with Gasteiger partial charge in [0, 0.05) is 30.6 Å². The summed E-state index contributed by atoms with van der Waals surface area (Å²) in [5.74, 6) is -0.614. The van der Waals surface area contributed by atoms with Crippen LogP contribution in [0.2, 0.25) is 10.0 Å². The Morgan fingerprint density at radius 1 is 1.19 bits per heavy atom. The first-order valence-corrected chi connectivity index (χ1v) is 11.2. The monoisotopic (exact) mass is 466 g/mol. The zero-order chi connectivity index (χ0) is 22.2. The van der Waals surface area contributed by atoms with Crippen LogP contribution in [0, 0.1) is 0 Å². The number of hydrogen-bond acceptors (Lipinski definition) is 5. The van der Waals surface area contributed by atoms with E-state index in [2.05, 4.69) is 11.0 Å². The van der Waals surface area contributed by atoms with Gasteiger partial charge in [-0.05, 0) is 48.7 Å². The zero-order valence-electron chi connectivity index (χ0n) is 17.5. The second kappa shape index (κ2) is 11.7. The van der Waals surface area contributed by atoms with Crippen LogP contribution in [-0.2, 0) is 20.7 Å². The van der Waals surface area contributed by atoms with Crippen molar-refractivity contribution in [2.45, 2.75) is 31.8 Å². The molecule has 2 N–H and O–H groups in total. The van der Waals surface area contributed by atoms with Gasteiger partial charge in [-0.1, -0.05) is 41.4 Å². The molecule has 31 heavy (non-hydrogen) atoms. The highest BCUT2D eigenvalue weighted by Crippen LogP contribution is 2.35. The summed E-state index contributed by atoms with van der Waals surface area (Å²) in [6, 6.07) is 13.6. The fourth-order valence-electron chi connectivity index (χ4n) is 3.91. The van der Waals surface area contributed by atoms with Gasteiger partial charge in [-0.3, -0.25) is 10.0 Å². The van der Waals surface area contributed by atoms with Crippen LogP contribution in [-0.4, -0.2) is 50.1 Å². The molecule has 1 aliphatic heterocycles. The molecule has 6 nitrogen and oxygen atoms in total. The molecule has 1 amide bonds. The van der Waals surface area contributed by atoms with Crippen LogP contribution in [0.5, 0.6) is 0 Å². The number of nitrogens with zero attached hydrogens (tertiary/aromatic N) is 1.